The lowest BCUT2D eigenvalue weighted by atomic mass is 9.81. The molecule has 1 fully saturated rings. The molecule has 0 amide bonds. The molecule has 0 saturated heterocycles. The maximum atomic E-state index is 13.2. The van der Waals surface area contributed by atoms with E-state index in [1.165, 1.54) is 4.80 Å². The third-order valence-electron chi connectivity index (χ3n) is 3.75. The smallest absolute Gasteiger partial charge is 0.248 e. The summed E-state index contributed by atoms with van der Waals surface area (Å²) < 4.78 is 26.4. The molecule has 19 heavy (non-hydrogen) atoms. The fourth-order valence-corrected chi connectivity index (χ4v) is 2.73. The van der Waals surface area contributed by atoms with Crippen LogP contribution in [0.2, 0.25) is 0 Å². The molecule has 1 atom stereocenters. The van der Waals surface area contributed by atoms with Crippen LogP contribution in [0.4, 0.5) is 8.78 Å². The standard InChI is InChI=1S/C12H21F2N5/c1-3-15-10(8-11-16-18-19(2)17-11)9-4-6-12(13,14)7-5-9/h9-10,15H,3-8H2,1-2H3. The number of hydrogen-bond acceptors (Lipinski definition) is 4. The Labute approximate surface area is 111 Å². The molecule has 5 nitrogen and oxygen atoms in total. The molecule has 0 aliphatic heterocycles. The first kappa shape index (κ1) is 14.3. The van der Waals surface area contributed by atoms with Gasteiger partial charge in [0.2, 0.25) is 5.92 Å². The van der Waals surface area contributed by atoms with Crippen LogP contribution in [0, 0.1) is 5.92 Å². The second-order valence-electron chi connectivity index (χ2n) is 5.26. The van der Waals surface area contributed by atoms with Gasteiger partial charge in [0.1, 0.15) is 0 Å². The van der Waals surface area contributed by atoms with Gasteiger partial charge in [-0.15, -0.1) is 10.2 Å². The molecule has 0 bridgehead atoms. The minimum atomic E-state index is -2.47. The highest BCUT2D eigenvalue weighted by Gasteiger charge is 2.37. The number of alkyl halides is 2. The molecule has 0 radical (unpaired) electrons. The summed E-state index contributed by atoms with van der Waals surface area (Å²) >= 11 is 0. The van der Waals surface area contributed by atoms with E-state index in [0.29, 0.717) is 25.1 Å². The van der Waals surface area contributed by atoms with Crippen LogP contribution >= 0.6 is 0 Å². The van der Waals surface area contributed by atoms with Crippen LogP contribution in [-0.4, -0.2) is 38.7 Å². The van der Waals surface area contributed by atoms with Crippen molar-refractivity contribution in [3.63, 3.8) is 0 Å². The van der Waals surface area contributed by atoms with Gasteiger partial charge in [0, 0.05) is 25.3 Å². The summed E-state index contributed by atoms with van der Waals surface area (Å²) in [6, 6.07) is 0.158. The molecule has 0 spiro atoms. The fourth-order valence-electron chi connectivity index (χ4n) is 2.73. The molecule has 1 aromatic heterocycles. The summed E-state index contributed by atoms with van der Waals surface area (Å²) in [6.45, 7) is 2.84. The van der Waals surface area contributed by atoms with E-state index in [1.807, 2.05) is 6.92 Å². The third kappa shape index (κ3) is 3.92. The van der Waals surface area contributed by atoms with Crippen molar-refractivity contribution in [3.8, 4) is 0 Å². The van der Waals surface area contributed by atoms with E-state index in [4.69, 9.17) is 0 Å². The number of aryl methyl sites for hydroxylation is 1. The molecule has 1 heterocycles. The van der Waals surface area contributed by atoms with Gasteiger partial charge in [0.25, 0.3) is 0 Å². The van der Waals surface area contributed by atoms with E-state index in [9.17, 15) is 8.78 Å². The van der Waals surface area contributed by atoms with Gasteiger partial charge < -0.3 is 5.32 Å². The maximum Gasteiger partial charge on any atom is 0.248 e. The number of halogens is 2. The lowest BCUT2D eigenvalue weighted by Crippen LogP contribution is -2.41. The van der Waals surface area contributed by atoms with Gasteiger partial charge >= 0.3 is 0 Å². The first-order valence-corrected chi connectivity index (χ1v) is 6.84. The van der Waals surface area contributed by atoms with Crippen LogP contribution in [0.5, 0.6) is 0 Å². The molecule has 1 aliphatic rings. The van der Waals surface area contributed by atoms with Crippen LogP contribution in [0.25, 0.3) is 0 Å². The van der Waals surface area contributed by atoms with Gasteiger partial charge in [-0.2, -0.15) is 4.80 Å². The van der Waals surface area contributed by atoms with Crippen LogP contribution in [0.1, 0.15) is 38.4 Å². The Hall–Kier alpha value is -1.11. The van der Waals surface area contributed by atoms with Gasteiger partial charge in [-0.3, -0.25) is 0 Å². The predicted octanol–water partition coefficient (Wildman–Crippen LogP) is 1.56. The first-order chi connectivity index (χ1) is 9.00. The summed E-state index contributed by atoms with van der Waals surface area (Å²) in [5.41, 5.74) is 0. The molecule has 1 N–H and O–H groups in total. The molecule has 1 aliphatic carbocycles. The monoisotopic (exact) mass is 273 g/mol. The summed E-state index contributed by atoms with van der Waals surface area (Å²) in [5.74, 6) is -1.54. The van der Waals surface area contributed by atoms with Gasteiger partial charge in [0.05, 0.1) is 7.05 Å². The number of rotatable bonds is 5. The number of nitrogens with zero attached hydrogens (tertiary/aromatic N) is 4. The third-order valence-corrected chi connectivity index (χ3v) is 3.75. The van der Waals surface area contributed by atoms with Gasteiger partial charge in [-0.05, 0) is 30.5 Å². The number of nitrogens with one attached hydrogen (secondary N) is 1. The summed E-state index contributed by atoms with van der Waals surface area (Å²) in [4.78, 5) is 1.42. The Morgan fingerprint density at radius 3 is 2.63 bits per heavy atom. The number of tetrazole rings is 1. The highest BCUT2D eigenvalue weighted by molar-refractivity contribution is 4.91. The Morgan fingerprint density at radius 2 is 2.11 bits per heavy atom. The average molecular weight is 273 g/mol. The van der Waals surface area contributed by atoms with E-state index in [2.05, 4.69) is 20.7 Å². The highest BCUT2D eigenvalue weighted by atomic mass is 19.3. The largest absolute Gasteiger partial charge is 0.314 e. The van der Waals surface area contributed by atoms with Crippen molar-refractivity contribution in [2.24, 2.45) is 13.0 Å². The first-order valence-electron chi connectivity index (χ1n) is 6.84. The van der Waals surface area contributed by atoms with Gasteiger partial charge in [-0.25, -0.2) is 8.78 Å². The zero-order valence-electron chi connectivity index (χ0n) is 11.4. The highest BCUT2D eigenvalue weighted by Crippen LogP contribution is 2.37. The van der Waals surface area contributed by atoms with Gasteiger partial charge in [0.15, 0.2) is 5.82 Å². The van der Waals surface area contributed by atoms with E-state index >= 15 is 0 Å². The van der Waals surface area contributed by atoms with E-state index in [-0.39, 0.29) is 24.8 Å². The molecule has 7 heteroatoms. The minimum absolute atomic E-state index is 0.00649. The molecule has 1 aromatic rings. The van der Waals surface area contributed by atoms with Gasteiger partial charge in [-0.1, -0.05) is 6.92 Å². The quantitative estimate of drug-likeness (QED) is 0.884. The van der Waals surface area contributed by atoms with Crippen LogP contribution < -0.4 is 5.32 Å². The number of hydrogen-bond donors (Lipinski definition) is 1. The molecule has 1 unspecified atom stereocenters. The zero-order valence-corrected chi connectivity index (χ0v) is 11.4. The van der Waals surface area contributed by atoms with Crippen molar-refractivity contribution in [1.29, 1.82) is 0 Å². The van der Waals surface area contributed by atoms with Crippen molar-refractivity contribution in [3.05, 3.63) is 5.82 Å². The summed E-state index contributed by atoms with van der Waals surface area (Å²) in [5, 5.41) is 15.3. The zero-order chi connectivity index (χ0) is 13.9. The Morgan fingerprint density at radius 1 is 1.42 bits per heavy atom. The van der Waals surface area contributed by atoms with Crippen molar-refractivity contribution in [1.82, 2.24) is 25.5 Å². The normalized spacial score (nSPS) is 21.5. The maximum absolute atomic E-state index is 13.2. The second kappa shape index (κ2) is 5.90. The van der Waals surface area contributed by atoms with Crippen LogP contribution in [-0.2, 0) is 13.5 Å². The molecule has 0 aromatic carbocycles. The molecule has 2 rings (SSSR count). The number of aromatic nitrogens is 4. The fraction of sp³-hybridized carbons (Fsp3) is 0.917. The Kier molecular flexibility index (Phi) is 4.44. The molecule has 1 saturated carbocycles. The van der Waals surface area contributed by atoms with E-state index in [0.717, 1.165) is 6.54 Å². The van der Waals surface area contributed by atoms with Crippen LogP contribution in [0.3, 0.4) is 0 Å². The topological polar surface area (TPSA) is 55.6 Å². The Balaban J connectivity index is 1.96. The summed E-state index contributed by atoms with van der Waals surface area (Å²) in [6.07, 6.45) is 1.76. The lowest BCUT2D eigenvalue weighted by Gasteiger charge is -2.33. The lowest BCUT2D eigenvalue weighted by molar-refractivity contribution is -0.0495. The minimum Gasteiger partial charge on any atom is -0.314 e. The van der Waals surface area contributed by atoms with Crippen molar-refractivity contribution in [2.45, 2.75) is 51.0 Å². The number of likely N-dealkylation sites (N-methyl/N-ethyl adjacent to an activating group) is 1. The molecule has 108 valence electrons. The van der Waals surface area contributed by atoms with Crippen molar-refractivity contribution >= 4 is 0 Å². The van der Waals surface area contributed by atoms with Crippen molar-refractivity contribution < 1.29 is 8.78 Å². The van der Waals surface area contributed by atoms with E-state index < -0.39 is 5.92 Å². The Bertz CT molecular complexity index is 397. The summed E-state index contributed by atoms with van der Waals surface area (Å²) in [7, 11) is 1.72. The van der Waals surface area contributed by atoms with Crippen LogP contribution in [0.15, 0.2) is 0 Å². The SMILES string of the molecule is CCNC(Cc1nnn(C)n1)C1CCC(F)(F)CC1. The second-order valence-corrected chi connectivity index (χ2v) is 5.26. The van der Waals surface area contributed by atoms with E-state index in [1.54, 1.807) is 7.05 Å². The predicted molar refractivity (Wildman–Crippen MR) is 66.9 cm³/mol. The molecular weight excluding hydrogens is 252 g/mol. The average Bonchev–Trinajstić information content (AvgIpc) is 2.74. The van der Waals surface area contributed by atoms with Crippen molar-refractivity contribution in [2.75, 3.05) is 6.54 Å². The molecular formula is C12H21F2N5.